The smallest absolute Gasteiger partial charge is 0.0339 e. The van der Waals surface area contributed by atoms with Gasteiger partial charge in [0.05, 0.1) is 0 Å². The van der Waals surface area contributed by atoms with E-state index in [0.29, 0.717) is 11.8 Å². The zero-order valence-electron chi connectivity index (χ0n) is 10.3. The van der Waals surface area contributed by atoms with E-state index in [1.807, 2.05) is 18.2 Å². The first-order chi connectivity index (χ1) is 6.89. The highest BCUT2D eigenvalue weighted by atomic mass is 14.8. The van der Waals surface area contributed by atoms with Crippen molar-refractivity contribution in [1.29, 1.82) is 0 Å². The molecule has 0 amide bonds. The second kappa shape index (κ2) is 4.40. The number of hydrogen-bond acceptors (Lipinski definition) is 2. The molecule has 1 rings (SSSR count). The van der Waals surface area contributed by atoms with E-state index in [1.165, 1.54) is 0 Å². The molecule has 0 bridgehead atoms. The van der Waals surface area contributed by atoms with Gasteiger partial charge in [0, 0.05) is 17.2 Å². The van der Waals surface area contributed by atoms with Crippen LogP contribution in [0.15, 0.2) is 23.9 Å². The molecule has 4 N–H and O–H groups in total. The van der Waals surface area contributed by atoms with Gasteiger partial charge >= 0.3 is 0 Å². The van der Waals surface area contributed by atoms with Crippen molar-refractivity contribution in [3.8, 4) is 0 Å². The Morgan fingerprint density at radius 2 is 2.00 bits per heavy atom. The van der Waals surface area contributed by atoms with Crippen LogP contribution in [0.3, 0.4) is 0 Å². The minimum atomic E-state index is -0.0843. The first-order valence-electron chi connectivity index (χ1n) is 5.79. The zero-order valence-corrected chi connectivity index (χ0v) is 10.3. The lowest BCUT2D eigenvalue weighted by molar-refractivity contribution is 0.194. The molecule has 1 aliphatic carbocycles. The molecule has 0 aliphatic heterocycles. The van der Waals surface area contributed by atoms with Crippen molar-refractivity contribution in [1.82, 2.24) is 0 Å². The molecule has 3 atom stereocenters. The predicted molar refractivity (Wildman–Crippen MR) is 66.1 cm³/mol. The number of rotatable bonds is 3. The minimum absolute atomic E-state index is 0.0382. The summed E-state index contributed by atoms with van der Waals surface area (Å²) in [6.45, 7) is 8.91. The van der Waals surface area contributed by atoms with Crippen molar-refractivity contribution < 1.29 is 0 Å². The van der Waals surface area contributed by atoms with Gasteiger partial charge in [-0.05, 0) is 24.3 Å². The van der Waals surface area contributed by atoms with Crippen molar-refractivity contribution >= 4 is 0 Å². The first kappa shape index (κ1) is 12.3. The molecule has 0 heterocycles. The van der Waals surface area contributed by atoms with Crippen LogP contribution in [-0.4, -0.2) is 6.04 Å². The summed E-state index contributed by atoms with van der Waals surface area (Å²) in [6.07, 6.45) is 7.16. The molecule has 0 aromatic carbocycles. The third-order valence-corrected chi connectivity index (χ3v) is 3.76. The summed E-state index contributed by atoms with van der Waals surface area (Å²) >= 11 is 0. The van der Waals surface area contributed by atoms with Gasteiger partial charge in [-0.1, -0.05) is 39.8 Å². The van der Waals surface area contributed by atoms with E-state index in [0.717, 1.165) is 12.1 Å². The fraction of sp³-hybridized carbons (Fsp3) is 0.692. The summed E-state index contributed by atoms with van der Waals surface area (Å²) < 4.78 is 0. The molecular formula is C13H24N2. The van der Waals surface area contributed by atoms with Crippen LogP contribution in [0.2, 0.25) is 0 Å². The summed E-state index contributed by atoms with van der Waals surface area (Å²) in [5, 5.41) is 0. The Balaban J connectivity index is 2.89. The summed E-state index contributed by atoms with van der Waals surface area (Å²) in [4.78, 5) is 0. The fourth-order valence-corrected chi connectivity index (χ4v) is 2.42. The molecule has 0 aromatic rings. The van der Waals surface area contributed by atoms with Crippen LogP contribution in [0, 0.1) is 17.3 Å². The van der Waals surface area contributed by atoms with Crippen LogP contribution in [0.4, 0.5) is 0 Å². The van der Waals surface area contributed by atoms with Gasteiger partial charge in [-0.3, -0.25) is 0 Å². The summed E-state index contributed by atoms with van der Waals surface area (Å²) in [6, 6.07) is 0.0382. The number of allylic oxidation sites excluding steroid dienone is 2. The largest absolute Gasteiger partial charge is 0.402 e. The van der Waals surface area contributed by atoms with Gasteiger partial charge in [0.15, 0.2) is 0 Å². The lowest BCUT2D eigenvalue weighted by Crippen LogP contribution is -2.48. The van der Waals surface area contributed by atoms with Crippen molar-refractivity contribution in [3.05, 3.63) is 23.9 Å². The fourth-order valence-electron chi connectivity index (χ4n) is 2.42. The molecule has 2 heteroatoms. The Morgan fingerprint density at radius 1 is 1.40 bits per heavy atom. The standard InChI is InChI=1S/C13H24N2/c1-9(2)8-10(3)13(4)11(14)6-5-7-12(13)15/h5-7,9-11H,8,14-15H2,1-4H3. The van der Waals surface area contributed by atoms with E-state index in [9.17, 15) is 0 Å². The van der Waals surface area contributed by atoms with E-state index < -0.39 is 0 Å². The number of nitrogens with two attached hydrogens (primary N) is 2. The highest BCUT2D eigenvalue weighted by Gasteiger charge is 2.39. The van der Waals surface area contributed by atoms with E-state index in [-0.39, 0.29) is 11.5 Å². The van der Waals surface area contributed by atoms with E-state index >= 15 is 0 Å². The molecule has 0 fully saturated rings. The maximum Gasteiger partial charge on any atom is 0.0339 e. The van der Waals surface area contributed by atoms with E-state index in [2.05, 4.69) is 27.7 Å². The topological polar surface area (TPSA) is 52.0 Å². The summed E-state index contributed by atoms with van der Waals surface area (Å²) in [5.41, 5.74) is 13.1. The minimum Gasteiger partial charge on any atom is -0.402 e. The van der Waals surface area contributed by atoms with Crippen molar-refractivity contribution in [3.63, 3.8) is 0 Å². The molecule has 0 aromatic heterocycles. The Bertz CT molecular complexity index is 278. The second-order valence-electron chi connectivity index (χ2n) is 5.35. The maximum atomic E-state index is 6.17. The molecule has 0 radical (unpaired) electrons. The quantitative estimate of drug-likeness (QED) is 0.748. The molecule has 86 valence electrons. The van der Waals surface area contributed by atoms with Gasteiger partial charge in [-0.2, -0.15) is 0 Å². The van der Waals surface area contributed by atoms with Crippen LogP contribution in [0.5, 0.6) is 0 Å². The van der Waals surface area contributed by atoms with Gasteiger partial charge in [-0.15, -0.1) is 0 Å². The third kappa shape index (κ3) is 2.25. The highest BCUT2D eigenvalue weighted by molar-refractivity contribution is 5.28. The van der Waals surface area contributed by atoms with Gasteiger partial charge in [0.2, 0.25) is 0 Å². The molecule has 2 nitrogen and oxygen atoms in total. The second-order valence-corrected chi connectivity index (χ2v) is 5.35. The highest BCUT2D eigenvalue weighted by Crippen LogP contribution is 2.41. The van der Waals surface area contributed by atoms with Crippen LogP contribution in [-0.2, 0) is 0 Å². The third-order valence-electron chi connectivity index (χ3n) is 3.76. The molecule has 0 saturated heterocycles. The monoisotopic (exact) mass is 208 g/mol. The van der Waals surface area contributed by atoms with Gasteiger partial charge in [0.25, 0.3) is 0 Å². The molecule has 15 heavy (non-hydrogen) atoms. The zero-order chi connectivity index (χ0) is 11.6. The summed E-state index contributed by atoms with van der Waals surface area (Å²) in [7, 11) is 0. The van der Waals surface area contributed by atoms with Crippen LogP contribution < -0.4 is 11.5 Å². The summed E-state index contributed by atoms with van der Waals surface area (Å²) in [5.74, 6) is 1.19. The predicted octanol–water partition coefficient (Wildman–Crippen LogP) is 2.41. The van der Waals surface area contributed by atoms with Gasteiger partial charge in [-0.25, -0.2) is 0 Å². The molecule has 0 saturated carbocycles. The van der Waals surface area contributed by atoms with Crippen molar-refractivity contribution in [2.75, 3.05) is 0 Å². The van der Waals surface area contributed by atoms with Crippen molar-refractivity contribution in [2.45, 2.75) is 40.2 Å². The van der Waals surface area contributed by atoms with Crippen LogP contribution in [0.25, 0.3) is 0 Å². The van der Waals surface area contributed by atoms with Crippen molar-refractivity contribution in [2.24, 2.45) is 28.7 Å². The van der Waals surface area contributed by atoms with E-state index in [1.54, 1.807) is 0 Å². The van der Waals surface area contributed by atoms with Gasteiger partial charge < -0.3 is 11.5 Å². The Kier molecular flexibility index (Phi) is 3.61. The average Bonchev–Trinajstić information content (AvgIpc) is 2.12. The lowest BCUT2D eigenvalue weighted by atomic mass is 9.66. The normalized spacial score (nSPS) is 32.9. The van der Waals surface area contributed by atoms with Crippen LogP contribution >= 0.6 is 0 Å². The molecular weight excluding hydrogens is 184 g/mol. The van der Waals surface area contributed by atoms with Crippen LogP contribution in [0.1, 0.15) is 34.1 Å². The Labute approximate surface area is 93.4 Å². The first-order valence-corrected chi connectivity index (χ1v) is 5.79. The molecule has 1 aliphatic rings. The van der Waals surface area contributed by atoms with E-state index in [4.69, 9.17) is 11.5 Å². The average molecular weight is 208 g/mol. The van der Waals surface area contributed by atoms with Gasteiger partial charge in [0.1, 0.15) is 0 Å². The maximum absolute atomic E-state index is 6.17. The Hall–Kier alpha value is -0.760. The lowest BCUT2D eigenvalue weighted by Gasteiger charge is -2.42. The Morgan fingerprint density at radius 3 is 2.47 bits per heavy atom. The molecule has 0 spiro atoms. The SMILES string of the molecule is CC(C)CC(C)C1(C)C(N)=CC=CC1N. The molecule has 3 unspecified atom stereocenters. The number of hydrogen-bond donors (Lipinski definition) is 2.